The fourth-order valence-electron chi connectivity index (χ4n) is 2.15. The highest BCUT2D eigenvalue weighted by molar-refractivity contribution is 5.88. The summed E-state index contributed by atoms with van der Waals surface area (Å²) in [4.78, 5) is 28.1. The molecule has 0 amide bonds. The van der Waals surface area contributed by atoms with E-state index in [0.29, 0.717) is 5.69 Å². The number of H-pyrrole nitrogens is 1. The van der Waals surface area contributed by atoms with Crippen LogP contribution in [0.5, 0.6) is 0 Å². The third-order valence-electron chi connectivity index (χ3n) is 3.51. The van der Waals surface area contributed by atoms with Gasteiger partial charge in [-0.25, -0.2) is 4.79 Å². The van der Waals surface area contributed by atoms with Crippen LogP contribution < -0.4 is 17.0 Å². The third-order valence-corrected chi connectivity index (χ3v) is 3.51. The minimum absolute atomic E-state index is 0.0828. The van der Waals surface area contributed by atoms with Gasteiger partial charge in [-0.3, -0.25) is 24.0 Å². The van der Waals surface area contributed by atoms with Crippen molar-refractivity contribution in [3.63, 3.8) is 0 Å². The second kappa shape index (κ2) is 4.99. The van der Waals surface area contributed by atoms with Crippen LogP contribution in [0.15, 0.2) is 39.0 Å². The summed E-state index contributed by atoms with van der Waals surface area (Å²) in [6.07, 6.45) is 3.08. The number of aromatic nitrogens is 4. The molecule has 112 valence electrons. The number of benzene rings is 1. The van der Waals surface area contributed by atoms with Crippen molar-refractivity contribution in [2.75, 3.05) is 5.73 Å². The molecule has 0 spiro atoms. The van der Waals surface area contributed by atoms with Gasteiger partial charge in [-0.2, -0.15) is 5.10 Å². The highest BCUT2D eigenvalue weighted by atomic mass is 16.2. The second-order valence-corrected chi connectivity index (χ2v) is 4.90. The van der Waals surface area contributed by atoms with Crippen molar-refractivity contribution in [2.45, 2.75) is 0 Å². The van der Waals surface area contributed by atoms with Crippen molar-refractivity contribution >= 4 is 28.6 Å². The molecule has 8 nitrogen and oxygen atoms in total. The molecule has 3 rings (SSSR count). The molecule has 0 saturated heterocycles. The van der Waals surface area contributed by atoms with E-state index in [2.05, 4.69) is 15.2 Å². The molecule has 0 saturated carbocycles. The summed E-state index contributed by atoms with van der Waals surface area (Å²) < 4.78 is 2.21. The summed E-state index contributed by atoms with van der Waals surface area (Å²) in [7, 11) is 2.91. The number of nitrogen functional groups attached to an aromatic ring is 1. The van der Waals surface area contributed by atoms with Gasteiger partial charge in [0.15, 0.2) is 0 Å². The lowest BCUT2D eigenvalue weighted by molar-refractivity contribution is 0.692. The van der Waals surface area contributed by atoms with Crippen molar-refractivity contribution < 1.29 is 0 Å². The Kier molecular flexibility index (Phi) is 3.13. The number of hydrogen-bond donors (Lipinski definition) is 2. The lowest BCUT2D eigenvalue weighted by Gasteiger charge is -2.08. The van der Waals surface area contributed by atoms with Crippen LogP contribution in [0.3, 0.4) is 0 Å². The Morgan fingerprint density at radius 3 is 2.82 bits per heavy atom. The first-order chi connectivity index (χ1) is 10.5. The Hall–Kier alpha value is -3.16. The van der Waals surface area contributed by atoms with E-state index in [-0.39, 0.29) is 11.4 Å². The molecular formula is C14H14N6O2. The van der Waals surface area contributed by atoms with E-state index in [9.17, 15) is 9.59 Å². The molecule has 8 heteroatoms. The molecule has 0 aliphatic heterocycles. The minimum atomic E-state index is -0.480. The van der Waals surface area contributed by atoms with E-state index in [1.807, 2.05) is 12.1 Å². The zero-order chi connectivity index (χ0) is 15.9. The van der Waals surface area contributed by atoms with Gasteiger partial charge >= 0.3 is 5.69 Å². The Morgan fingerprint density at radius 2 is 2.05 bits per heavy atom. The number of aliphatic imine (C=N–C) groups is 1. The molecule has 0 radical (unpaired) electrons. The minimum Gasteiger partial charge on any atom is -0.384 e. The van der Waals surface area contributed by atoms with E-state index in [1.165, 1.54) is 24.9 Å². The number of nitrogens with two attached hydrogens (primary N) is 1. The number of rotatable bonds is 2. The van der Waals surface area contributed by atoms with Crippen LogP contribution in [-0.4, -0.2) is 25.5 Å². The quantitative estimate of drug-likeness (QED) is 0.662. The molecular weight excluding hydrogens is 284 g/mol. The van der Waals surface area contributed by atoms with Gasteiger partial charge < -0.3 is 5.73 Å². The number of aromatic amines is 1. The van der Waals surface area contributed by atoms with Gasteiger partial charge in [0.25, 0.3) is 5.56 Å². The fraction of sp³-hybridized carbons (Fsp3) is 0.143. The summed E-state index contributed by atoms with van der Waals surface area (Å²) in [5, 5.41) is 7.75. The van der Waals surface area contributed by atoms with Gasteiger partial charge in [0.1, 0.15) is 5.82 Å². The van der Waals surface area contributed by atoms with E-state index in [1.54, 1.807) is 12.3 Å². The van der Waals surface area contributed by atoms with Crippen molar-refractivity contribution in [1.82, 2.24) is 19.3 Å². The Morgan fingerprint density at radius 1 is 1.27 bits per heavy atom. The molecule has 2 heterocycles. The Bertz CT molecular complexity index is 1010. The maximum Gasteiger partial charge on any atom is 0.332 e. The van der Waals surface area contributed by atoms with Gasteiger partial charge in [-0.05, 0) is 18.2 Å². The first kappa shape index (κ1) is 13.8. The largest absolute Gasteiger partial charge is 0.384 e. The second-order valence-electron chi connectivity index (χ2n) is 4.90. The van der Waals surface area contributed by atoms with Crippen LogP contribution in [0.25, 0.3) is 10.9 Å². The lowest BCUT2D eigenvalue weighted by Crippen LogP contribution is -2.40. The first-order valence-corrected chi connectivity index (χ1v) is 6.51. The zero-order valence-corrected chi connectivity index (χ0v) is 12.1. The molecule has 3 aromatic rings. The molecule has 2 aromatic heterocycles. The number of fused-ring (bicyclic) bond motifs is 1. The van der Waals surface area contributed by atoms with E-state index < -0.39 is 11.2 Å². The van der Waals surface area contributed by atoms with Crippen LogP contribution in [0.4, 0.5) is 11.5 Å². The van der Waals surface area contributed by atoms with Crippen LogP contribution in [0.1, 0.15) is 5.56 Å². The summed E-state index contributed by atoms with van der Waals surface area (Å²) in [6.45, 7) is 0. The first-order valence-electron chi connectivity index (χ1n) is 6.51. The molecule has 0 fully saturated rings. The number of anilines is 1. The van der Waals surface area contributed by atoms with Gasteiger partial charge in [0.05, 0.1) is 23.0 Å². The SMILES string of the molecule is Cn1c(N)c(C=Nc2ccc3cn[nH]c3c2)c(=O)n(C)c1=O. The zero-order valence-electron chi connectivity index (χ0n) is 12.1. The Labute approximate surface area is 124 Å². The molecule has 0 aliphatic rings. The van der Waals surface area contributed by atoms with Crippen LogP contribution in [0.2, 0.25) is 0 Å². The molecule has 0 unspecified atom stereocenters. The number of nitrogens with one attached hydrogen (secondary N) is 1. The summed E-state index contributed by atoms with van der Waals surface area (Å²) in [5.74, 6) is 0.0828. The van der Waals surface area contributed by atoms with Gasteiger partial charge in [-0.15, -0.1) is 0 Å². The number of hydrogen-bond acceptors (Lipinski definition) is 5. The molecule has 1 aromatic carbocycles. The highest BCUT2D eigenvalue weighted by Gasteiger charge is 2.11. The molecule has 0 aliphatic carbocycles. The van der Waals surface area contributed by atoms with Gasteiger partial charge in [0, 0.05) is 25.7 Å². The van der Waals surface area contributed by atoms with Crippen LogP contribution in [0, 0.1) is 0 Å². The van der Waals surface area contributed by atoms with E-state index in [4.69, 9.17) is 5.73 Å². The average molecular weight is 298 g/mol. The number of nitrogens with zero attached hydrogens (tertiary/aromatic N) is 4. The predicted octanol–water partition coefficient (Wildman–Crippen LogP) is 0.293. The van der Waals surface area contributed by atoms with E-state index in [0.717, 1.165) is 15.5 Å². The monoisotopic (exact) mass is 298 g/mol. The maximum atomic E-state index is 12.1. The molecule has 22 heavy (non-hydrogen) atoms. The summed E-state index contributed by atoms with van der Waals surface area (Å²) >= 11 is 0. The standard InChI is InChI=1S/C14H14N6O2/c1-19-12(15)10(13(21)20(2)14(19)22)7-16-9-4-3-8-6-17-18-11(8)5-9/h3-7H,15H2,1-2H3,(H,17,18). The van der Waals surface area contributed by atoms with Crippen LogP contribution >= 0.6 is 0 Å². The molecule has 0 bridgehead atoms. The lowest BCUT2D eigenvalue weighted by atomic mass is 10.2. The third kappa shape index (κ3) is 2.10. The maximum absolute atomic E-state index is 12.1. The van der Waals surface area contributed by atoms with Crippen LogP contribution in [-0.2, 0) is 14.1 Å². The van der Waals surface area contributed by atoms with Crippen molar-refractivity contribution in [1.29, 1.82) is 0 Å². The normalized spacial score (nSPS) is 11.5. The topological polar surface area (TPSA) is 111 Å². The molecule has 3 N–H and O–H groups in total. The van der Waals surface area contributed by atoms with Gasteiger partial charge in [-0.1, -0.05) is 0 Å². The smallest absolute Gasteiger partial charge is 0.332 e. The average Bonchev–Trinajstić information content (AvgIpc) is 2.98. The van der Waals surface area contributed by atoms with Crippen molar-refractivity contribution in [3.05, 3.63) is 50.8 Å². The predicted molar refractivity (Wildman–Crippen MR) is 84.7 cm³/mol. The summed E-state index contributed by atoms with van der Waals surface area (Å²) in [6, 6.07) is 5.48. The Balaban J connectivity index is 2.09. The van der Waals surface area contributed by atoms with Crippen molar-refractivity contribution in [2.24, 2.45) is 19.1 Å². The van der Waals surface area contributed by atoms with E-state index >= 15 is 0 Å². The van der Waals surface area contributed by atoms with Gasteiger partial charge in [0.2, 0.25) is 0 Å². The summed E-state index contributed by atoms with van der Waals surface area (Å²) in [5.41, 5.74) is 6.54. The highest BCUT2D eigenvalue weighted by Crippen LogP contribution is 2.19. The van der Waals surface area contributed by atoms with Crippen molar-refractivity contribution in [3.8, 4) is 0 Å². The molecule has 0 atom stereocenters. The fourth-order valence-corrected chi connectivity index (χ4v) is 2.15.